The number of aliphatic hydroxyl groups is 1. The molecular weight excluding hydrogens is 316 g/mol. The fourth-order valence-electron chi connectivity index (χ4n) is 2.38. The van der Waals surface area contributed by atoms with Crippen molar-refractivity contribution in [1.29, 1.82) is 0 Å². The molecule has 106 valence electrons. The lowest BCUT2D eigenvalue weighted by atomic mass is 9.91. The van der Waals surface area contributed by atoms with Gasteiger partial charge >= 0.3 is 0 Å². The molecule has 0 saturated heterocycles. The van der Waals surface area contributed by atoms with Gasteiger partial charge in [0.25, 0.3) is 0 Å². The highest BCUT2D eigenvalue weighted by molar-refractivity contribution is 9.10. The Labute approximate surface area is 128 Å². The first-order valence-electron chi connectivity index (χ1n) is 6.64. The number of hydrogen-bond donors (Lipinski definition) is 1. The van der Waals surface area contributed by atoms with E-state index in [2.05, 4.69) is 35.0 Å². The Morgan fingerprint density at radius 3 is 2.65 bits per heavy atom. The monoisotopic (exact) mass is 334 g/mol. The number of halogens is 1. The normalized spacial score (nSPS) is 12.2. The zero-order valence-corrected chi connectivity index (χ0v) is 13.4. The molecule has 2 nitrogen and oxygen atoms in total. The minimum Gasteiger partial charge on any atom is -0.496 e. The lowest BCUT2D eigenvalue weighted by Crippen LogP contribution is -2.09. The molecule has 0 saturated carbocycles. The second-order valence-electron chi connectivity index (χ2n) is 4.95. The summed E-state index contributed by atoms with van der Waals surface area (Å²) in [5.74, 6) is 0.951. The molecule has 0 radical (unpaired) electrons. The molecule has 1 N–H and O–H groups in total. The summed E-state index contributed by atoms with van der Waals surface area (Å²) in [7, 11) is 1.68. The summed E-state index contributed by atoms with van der Waals surface area (Å²) in [5.41, 5.74) is 3.46. The van der Waals surface area contributed by atoms with E-state index in [-0.39, 0.29) is 12.5 Å². The maximum Gasteiger partial charge on any atom is 0.122 e. The van der Waals surface area contributed by atoms with Gasteiger partial charge in [-0.3, -0.25) is 0 Å². The minimum absolute atomic E-state index is 0.0724. The molecule has 1 atom stereocenters. The molecular formula is C17H19BrO2. The van der Waals surface area contributed by atoms with Crippen molar-refractivity contribution in [3.05, 3.63) is 63.6 Å². The lowest BCUT2D eigenvalue weighted by molar-refractivity contribution is 0.263. The average Bonchev–Trinajstić information content (AvgIpc) is 2.45. The third kappa shape index (κ3) is 3.62. The number of aryl methyl sites for hydroxylation is 1. The van der Waals surface area contributed by atoms with Crippen LogP contribution in [0.5, 0.6) is 5.75 Å². The van der Waals surface area contributed by atoms with Crippen LogP contribution in [0.15, 0.2) is 46.9 Å². The Hall–Kier alpha value is -1.32. The summed E-state index contributed by atoms with van der Waals surface area (Å²) < 4.78 is 6.45. The zero-order chi connectivity index (χ0) is 14.5. The molecule has 2 rings (SSSR count). The molecule has 3 heteroatoms. The maximum absolute atomic E-state index is 9.71. The van der Waals surface area contributed by atoms with Gasteiger partial charge in [0, 0.05) is 10.4 Å². The average molecular weight is 335 g/mol. The van der Waals surface area contributed by atoms with Crippen LogP contribution in [0.3, 0.4) is 0 Å². The smallest absolute Gasteiger partial charge is 0.122 e. The molecule has 20 heavy (non-hydrogen) atoms. The second-order valence-corrected chi connectivity index (χ2v) is 5.87. The Balaban J connectivity index is 2.28. The van der Waals surface area contributed by atoms with Crippen LogP contribution < -0.4 is 4.74 Å². The van der Waals surface area contributed by atoms with Crippen molar-refractivity contribution < 1.29 is 9.84 Å². The van der Waals surface area contributed by atoms with Crippen LogP contribution in [0.2, 0.25) is 0 Å². The number of hydrogen-bond acceptors (Lipinski definition) is 2. The van der Waals surface area contributed by atoms with Gasteiger partial charge in [-0.1, -0.05) is 45.8 Å². The van der Waals surface area contributed by atoms with E-state index >= 15 is 0 Å². The van der Waals surface area contributed by atoms with Gasteiger partial charge < -0.3 is 9.84 Å². The summed E-state index contributed by atoms with van der Waals surface area (Å²) in [4.78, 5) is 0. The summed E-state index contributed by atoms with van der Waals surface area (Å²) in [6.45, 7) is 2.18. The van der Waals surface area contributed by atoms with Gasteiger partial charge in [0.15, 0.2) is 0 Å². The molecule has 0 heterocycles. The molecule has 0 aliphatic carbocycles. The third-order valence-electron chi connectivity index (χ3n) is 3.44. The largest absolute Gasteiger partial charge is 0.496 e. The van der Waals surface area contributed by atoms with Crippen LogP contribution in [0, 0.1) is 6.92 Å². The molecule has 2 aromatic rings. The van der Waals surface area contributed by atoms with Crippen molar-refractivity contribution in [3.8, 4) is 5.75 Å². The Bertz CT molecular complexity index is 581. The van der Waals surface area contributed by atoms with Gasteiger partial charge in [0.1, 0.15) is 5.75 Å². The van der Waals surface area contributed by atoms with E-state index in [1.54, 1.807) is 7.11 Å². The molecule has 0 bridgehead atoms. The number of benzene rings is 2. The lowest BCUT2D eigenvalue weighted by Gasteiger charge is -2.17. The molecule has 2 aromatic carbocycles. The fourth-order valence-corrected chi connectivity index (χ4v) is 2.80. The number of methoxy groups -OCH3 is 1. The Morgan fingerprint density at radius 1 is 1.20 bits per heavy atom. The molecule has 0 amide bonds. The van der Waals surface area contributed by atoms with Crippen LogP contribution in [-0.2, 0) is 6.42 Å². The zero-order valence-electron chi connectivity index (χ0n) is 11.8. The van der Waals surface area contributed by atoms with Crippen LogP contribution in [0.1, 0.15) is 22.6 Å². The van der Waals surface area contributed by atoms with Crippen LogP contribution >= 0.6 is 15.9 Å². The first-order chi connectivity index (χ1) is 9.63. The minimum atomic E-state index is 0.0724. The summed E-state index contributed by atoms with van der Waals surface area (Å²) in [6, 6.07) is 14.2. The van der Waals surface area contributed by atoms with E-state index in [0.717, 1.165) is 27.8 Å². The van der Waals surface area contributed by atoms with E-state index in [4.69, 9.17) is 4.74 Å². The van der Waals surface area contributed by atoms with Gasteiger partial charge in [-0.05, 0) is 42.7 Å². The SMILES string of the molecule is COc1ccc(C)cc1CC(CO)c1cccc(Br)c1. The van der Waals surface area contributed by atoms with Gasteiger partial charge in [0.2, 0.25) is 0 Å². The highest BCUT2D eigenvalue weighted by atomic mass is 79.9. The van der Waals surface area contributed by atoms with Crippen molar-refractivity contribution >= 4 is 15.9 Å². The molecule has 0 aromatic heterocycles. The van der Waals surface area contributed by atoms with E-state index in [0.29, 0.717) is 0 Å². The predicted molar refractivity (Wildman–Crippen MR) is 85.4 cm³/mol. The molecule has 0 aliphatic rings. The van der Waals surface area contributed by atoms with Gasteiger partial charge in [-0.25, -0.2) is 0 Å². The van der Waals surface area contributed by atoms with Crippen molar-refractivity contribution in [2.75, 3.05) is 13.7 Å². The first kappa shape index (κ1) is 15.1. The second kappa shape index (κ2) is 6.91. The number of aliphatic hydroxyl groups excluding tert-OH is 1. The van der Waals surface area contributed by atoms with Gasteiger partial charge in [-0.2, -0.15) is 0 Å². The maximum atomic E-state index is 9.71. The summed E-state index contributed by atoms with van der Waals surface area (Å²) >= 11 is 3.48. The van der Waals surface area contributed by atoms with E-state index in [9.17, 15) is 5.11 Å². The van der Waals surface area contributed by atoms with Crippen molar-refractivity contribution in [3.63, 3.8) is 0 Å². The standard InChI is InChI=1S/C17H19BrO2/c1-12-6-7-17(20-2)14(8-12)9-15(11-19)13-4-3-5-16(18)10-13/h3-8,10,15,19H,9,11H2,1-2H3. The van der Waals surface area contributed by atoms with E-state index < -0.39 is 0 Å². The fraction of sp³-hybridized carbons (Fsp3) is 0.294. The van der Waals surface area contributed by atoms with E-state index in [1.807, 2.05) is 30.3 Å². The van der Waals surface area contributed by atoms with Crippen LogP contribution in [-0.4, -0.2) is 18.8 Å². The summed E-state index contributed by atoms with van der Waals surface area (Å²) in [6.07, 6.45) is 0.762. The predicted octanol–water partition coefficient (Wildman–Crippen LogP) is 4.08. The topological polar surface area (TPSA) is 29.5 Å². The Kier molecular flexibility index (Phi) is 5.21. The van der Waals surface area contributed by atoms with Gasteiger partial charge in [0.05, 0.1) is 13.7 Å². The summed E-state index contributed by atoms with van der Waals surface area (Å²) in [5, 5.41) is 9.71. The highest BCUT2D eigenvalue weighted by Gasteiger charge is 2.14. The van der Waals surface area contributed by atoms with Crippen LogP contribution in [0.25, 0.3) is 0 Å². The Morgan fingerprint density at radius 2 is 2.00 bits per heavy atom. The van der Waals surface area contributed by atoms with Crippen molar-refractivity contribution in [2.24, 2.45) is 0 Å². The molecule has 0 aliphatic heterocycles. The number of ether oxygens (including phenoxy) is 1. The highest BCUT2D eigenvalue weighted by Crippen LogP contribution is 2.28. The quantitative estimate of drug-likeness (QED) is 0.892. The van der Waals surface area contributed by atoms with Crippen molar-refractivity contribution in [2.45, 2.75) is 19.3 Å². The number of rotatable bonds is 5. The van der Waals surface area contributed by atoms with Gasteiger partial charge in [-0.15, -0.1) is 0 Å². The molecule has 1 unspecified atom stereocenters. The third-order valence-corrected chi connectivity index (χ3v) is 3.94. The van der Waals surface area contributed by atoms with E-state index in [1.165, 1.54) is 5.56 Å². The molecule has 0 fully saturated rings. The van der Waals surface area contributed by atoms with Crippen molar-refractivity contribution in [1.82, 2.24) is 0 Å². The molecule has 0 spiro atoms. The first-order valence-corrected chi connectivity index (χ1v) is 7.43. The van der Waals surface area contributed by atoms with Crippen LogP contribution in [0.4, 0.5) is 0 Å².